The zero-order valence-corrected chi connectivity index (χ0v) is 16.2. The van der Waals surface area contributed by atoms with E-state index in [1.807, 2.05) is 43.3 Å². The van der Waals surface area contributed by atoms with E-state index in [2.05, 4.69) is 20.9 Å². The number of nitrogens with two attached hydrogens (primary N) is 1. The van der Waals surface area contributed by atoms with Crippen LogP contribution in [0.2, 0.25) is 0 Å². The molecule has 1 aromatic heterocycles. The summed E-state index contributed by atoms with van der Waals surface area (Å²) in [6.07, 6.45) is 3.24. The molecule has 0 aliphatic heterocycles. The molecular weight excluding hydrogens is 370 g/mol. The van der Waals surface area contributed by atoms with Gasteiger partial charge in [0, 0.05) is 41.1 Å². The van der Waals surface area contributed by atoms with E-state index in [0.717, 1.165) is 11.3 Å². The molecule has 0 aliphatic rings. The lowest BCUT2D eigenvalue weighted by atomic mass is 10.0. The highest BCUT2D eigenvalue weighted by atomic mass is 32.1. The number of hydrogen-bond donors (Lipinski definition) is 4. The third kappa shape index (κ3) is 5.12. The van der Waals surface area contributed by atoms with Crippen LogP contribution in [0, 0.1) is 0 Å². The Morgan fingerprint density at radius 2 is 1.64 bits per heavy atom. The average Bonchev–Trinajstić information content (AvgIpc) is 2.69. The average molecular weight is 392 g/mol. The van der Waals surface area contributed by atoms with Crippen molar-refractivity contribution in [1.82, 2.24) is 4.98 Å². The van der Waals surface area contributed by atoms with Crippen LogP contribution >= 0.6 is 12.2 Å². The molecule has 3 rings (SSSR count). The van der Waals surface area contributed by atoms with Gasteiger partial charge in [-0.15, -0.1) is 0 Å². The predicted molar refractivity (Wildman–Crippen MR) is 118 cm³/mol. The second kappa shape index (κ2) is 9.07. The summed E-state index contributed by atoms with van der Waals surface area (Å²) in [5.41, 5.74) is 9.66. The van der Waals surface area contributed by atoms with Gasteiger partial charge in [-0.05, 0) is 61.1 Å². The zero-order valence-electron chi connectivity index (χ0n) is 15.3. The summed E-state index contributed by atoms with van der Waals surface area (Å²) in [4.78, 5) is 16.5. The molecule has 0 aliphatic carbocycles. The lowest BCUT2D eigenvalue weighted by molar-refractivity contribution is 0.102. The van der Waals surface area contributed by atoms with E-state index in [1.165, 1.54) is 0 Å². The summed E-state index contributed by atoms with van der Waals surface area (Å²) in [5, 5.41) is 9.52. The first-order valence-corrected chi connectivity index (χ1v) is 9.17. The molecule has 7 heteroatoms. The first-order valence-electron chi connectivity index (χ1n) is 8.77. The number of anilines is 3. The van der Waals surface area contributed by atoms with E-state index < -0.39 is 0 Å². The topological polar surface area (TPSA) is 92.1 Å². The van der Waals surface area contributed by atoms with Crippen molar-refractivity contribution in [3.8, 4) is 0 Å². The van der Waals surface area contributed by atoms with Gasteiger partial charge in [-0.3, -0.25) is 9.78 Å². The number of hydrogen-bond acceptors (Lipinski definition) is 4. The number of nitrogens with one attached hydrogen (secondary N) is 3. The van der Waals surface area contributed by atoms with Gasteiger partial charge in [0.05, 0.1) is 0 Å². The standard InChI is InChI=1S/C21H21N5OS/c1-14(22)18-8-7-15(20(27)24-17-9-11-23-12-10-17)13-19(18)26-21(28)25-16-5-3-2-4-6-16/h2-14H,22H2,1H3,(H,23,24,27)(H2,25,26,28). The molecule has 0 saturated carbocycles. The maximum Gasteiger partial charge on any atom is 0.255 e. The van der Waals surface area contributed by atoms with Crippen LogP contribution in [0.5, 0.6) is 0 Å². The van der Waals surface area contributed by atoms with Crippen molar-refractivity contribution in [3.05, 3.63) is 84.2 Å². The van der Waals surface area contributed by atoms with Crippen LogP contribution in [0.15, 0.2) is 73.1 Å². The highest BCUT2D eigenvalue weighted by Crippen LogP contribution is 2.24. The molecule has 3 aromatic rings. The van der Waals surface area contributed by atoms with Crippen LogP contribution in [0.4, 0.5) is 17.1 Å². The molecule has 0 saturated heterocycles. The molecule has 1 amide bonds. The Morgan fingerprint density at radius 3 is 2.32 bits per heavy atom. The van der Waals surface area contributed by atoms with Gasteiger partial charge in [0.25, 0.3) is 5.91 Å². The van der Waals surface area contributed by atoms with Gasteiger partial charge < -0.3 is 21.7 Å². The number of pyridine rings is 1. The molecule has 6 nitrogen and oxygen atoms in total. The number of aromatic nitrogens is 1. The number of amides is 1. The third-order valence-corrected chi connectivity index (χ3v) is 4.23. The Hall–Kier alpha value is -3.29. The van der Waals surface area contributed by atoms with Crippen LogP contribution in [0.3, 0.4) is 0 Å². The minimum atomic E-state index is -0.229. The maximum atomic E-state index is 12.6. The van der Waals surface area contributed by atoms with Gasteiger partial charge in [-0.2, -0.15) is 0 Å². The van der Waals surface area contributed by atoms with E-state index in [-0.39, 0.29) is 11.9 Å². The Labute approximate surface area is 169 Å². The van der Waals surface area contributed by atoms with Gasteiger partial charge in [-0.25, -0.2) is 0 Å². The largest absolute Gasteiger partial charge is 0.332 e. The van der Waals surface area contributed by atoms with Crippen LogP contribution in [0.1, 0.15) is 28.9 Å². The number of rotatable bonds is 5. The lowest BCUT2D eigenvalue weighted by Crippen LogP contribution is -2.22. The number of thiocarbonyl (C=S) groups is 1. The highest BCUT2D eigenvalue weighted by Gasteiger charge is 2.13. The fraction of sp³-hybridized carbons (Fsp3) is 0.0952. The van der Waals surface area contributed by atoms with Crippen molar-refractivity contribution in [2.45, 2.75) is 13.0 Å². The van der Waals surface area contributed by atoms with Gasteiger partial charge in [-0.1, -0.05) is 24.3 Å². The van der Waals surface area contributed by atoms with E-state index in [4.69, 9.17) is 18.0 Å². The summed E-state index contributed by atoms with van der Waals surface area (Å²) < 4.78 is 0. The molecule has 1 heterocycles. The summed E-state index contributed by atoms with van der Waals surface area (Å²) in [7, 11) is 0. The molecule has 0 fully saturated rings. The van der Waals surface area contributed by atoms with E-state index in [9.17, 15) is 4.79 Å². The van der Waals surface area contributed by atoms with Gasteiger partial charge in [0.1, 0.15) is 0 Å². The quantitative estimate of drug-likeness (QED) is 0.488. The van der Waals surface area contributed by atoms with Gasteiger partial charge in [0.2, 0.25) is 0 Å². The number of nitrogens with zero attached hydrogens (tertiary/aromatic N) is 1. The second-order valence-corrected chi connectivity index (χ2v) is 6.63. The fourth-order valence-electron chi connectivity index (χ4n) is 2.65. The number of carbonyl (C=O) groups is 1. The van der Waals surface area contributed by atoms with Crippen molar-refractivity contribution in [1.29, 1.82) is 0 Å². The Bertz CT molecular complexity index is 961. The minimum Gasteiger partial charge on any atom is -0.332 e. The van der Waals surface area contributed by atoms with Crippen molar-refractivity contribution >= 4 is 40.3 Å². The first kappa shape index (κ1) is 19.5. The fourth-order valence-corrected chi connectivity index (χ4v) is 2.88. The summed E-state index contributed by atoms with van der Waals surface area (Å²) in [6, 6.07) is 18.2. The van der Waals surface area contributed by atoms with Crippen molar-refractivity contribution < 1.29 is 4.79 Å². The minimum absolute atomic E-state index is 0.223. The van der Waals surface area contributed by atoms with E-state index in [1.54, 1.807) is 36.7 Å². The normalized spacial score (nSPS) is 11.4. The summed E-state index contributed by atoms with van der Waals surface area (Å²) in [5.74, 6) is -0.229. The second-order valence-electron chi connectivity index (χ2n) is 6.23. The SMILES string of the molecule is CC(N)c1ccc(C(=O)Nc2ccncc2)cc1NC(=S)Nc1ccccc1. The first-order chi connectivity index (χ1) is 13.5. The molecule has 2 aromatic carbocycles. The number of para-hydroxylation sites is 1. The van der Waals surface area contributed by atoms with Crippen molar-refractivity contribution in [2.24, 2.45) is 5.73 Å². The lowest BCUT2D eigenvalue weighted by Gasteiger charge is -2.17. The molecule has 28 heavy (non-hydrogen) atoms. The zero-order chi connectivity index (χ0) is 19.9. The monoisotopic (exact) mass is 391 g/mol. The molecular formula is C21H21N5OS. The van der Waals surface area contributed by atoms with Gasteiger partial charge >= 0.3 is 0 Å². The molecule has 142 valence electrons. The maximum absolute atomic E-state index is 12.6. The van der Waals surface area contributed by atoms with Crippen molar-refractivity contribution in [3.63, 3.8) is 0 Å². The molecule has 5 N–H and O–H groups in total. The van der Waals surface area contributed by atoms with Crippen LogP contribution in [-0.4, -0.2) is 16.0 Å². The molecule has 0 radical (unpaired) electrons. The molecule has 1 atom stereocenters. The van der Waals surface area contributed by atoms with Gasteiger partial charge in [0.15, 0.2) is 5.11 Å². The summed E-state index contributed by atoms with van der Waals surface area (Å²) >= 11 is 5.41. The molecule has 0 spiro atoms. The smallest absolute Gasteiger partial charge is 0.255 e. The molecule has 0 bridgehead atoms. The number of benzene rings is 2. The van der Waals surface area contributed by atoms with E-state index >= 15 is 0 Å². The Kier molecular flexibility index (Phi) is 6.31. The van der Waals surface area contributed by atoms with E-state index in [0.29, 0.717) is 22.1 Å². The Balaban J connectivity index is 1.79. The third-order valence-electron chi connectivity index (χ3n) is 4.02. The highest BCUT2D eigenvalue weighted by molar-refractivity contribution is 7.80. The van der Waals surface area contributed by atoms with Crippen LogP contribution in [-0.2, 0) is 0 Å². The predicted octanol–water partition coefficient (Wildman–Crippen LogP) is 4.16. The number of carbonyl (C=O) groups excluding carboxylic acids is 1. The van der Waals surface area contributed by atoms with Crippen LogP contribution in [0.25, 0.3) is 0 Å². The summed E-state index contributed by atoms with van der Waals surface area (Å²) in [6.45, 7) is 1.88. The Morgan fingerprint density at radius 1 is 0.964 bits per heavy atom. The molecule has 1 unspecified atom stereocenters. The van der Waals surface area contributed by atoms with Crippen molar-refractivity contribution in [2.75, 3.05) is 16.0 Å². The van der Waals surface area contributed by atoms with Crippen LogP contribution < -0.4 is 21.7 Å².